The summed E-state index contributed by atoms with van der Waals surface area (Å²) >= 11 is 0. The van der Waals surface area contributed by atoms with E-state index in [0.29, 0.717) is 5.69 Å². The van der Waals surface area contributed by atoms with E-state index >= 15 is 0 Å². The van der Waals surface area contributed by atoms with Crippen molar-refractivity contribution in [3.05, 3.63) is 65.7 Å². The van der Waals surface area contributed by atoms with Gasteiger partial charge in [-0.2, -0.15) is 0 Å². The number of nitrogens with one attached hydrogen (secondary N) is 2. The van der Waals surface area contributed by atoms with Crippen molar-refractivity contribution in [1.82, 2.24) is 5.32 Å². The van der Waals surface area contributed by atoms with Crippen molar-refractivity contribution in [3.8, 4) is 0 Å². The molecule has 0 fully saturated rings. The summed E-state index contributed by atoms with van der Waals surface area (Å²) in [4.78, 5) is 24.3. The molecule has 126 valence electrons. The zero-order valence-corrected chi connectivity index (χ0v) is 14.4. The molecule has 0 saturated carbocycles. The average molecular weight is 324 g/mol. The third kappa shape index (κ3) is 4.69. The van der Waals surface area contributed by atoms with Crippen LogP contribution in [0.1, 0.15) is 37.9 Å². The Morgan fingerprint density at radius 2 is 1.54 bits per heavy atom. The third-order valence-electron chi connectivity index (χ3n) is 3.94. The molecule has 2 aromatic rings. The maximum absolute atomic E-state index is 12.2. The highest BCUT2D eigenvalue weighted by Gasteiger charge is 2.22. The summed E-state index contributed by atoms with van der Waals surface area (Å²) in [6.45, 7) is 6.15. The molecule has 4 heteroatoms. The van der Waals surface area contributed by atoms with Crippen molar-refractivity contribution in [2.75, 3.05) is 5.32 Å². The van der Waals surface area contributed by atoms with Crippen LogP contribution in [0.2, 0.25) is 0 Å². The highest BCUT2D eigenvalue weighted by atomic mass is 16.2. The van der Waals surface area contributed by atoms with Crippen LogP contribution < -0.4 is 10.6 Å². The minimum absolute atomic E-state index is 0.172. The Morgan fingerprint density at radius 1 is 0.917 bits per heavy atom. The van der Waals surface area contributed by atoms with Crippen LogP contribution in [0.4, 0.5) is 5.69 Å². The van der Waals surface area contributed by atoms with E-state index in [1.54, 1.807) is 24.3 Å². The van der Waals surface area contributed by atoms with E-state index in [0.717, 1.165) is 12.0 Å². The van der Waals surface area contributed by atoms with Crippen LogP contribution in [0.3, 0.4) is 0 Å². The monoisotopic (exact) mass is 324 g/mol. The SMILES string of the molecule is CCc1ccc(C(NC(=O)C(=O)Nc2ccccc2)C(C)C)cc1. The molecule has 0 spiro atoms. The lowest BCUT2D eigenvalue weighted by Gasteiger charge is -2.23. The largest absolute Gasteiger partial charge is 0.341 e. The molecular formula is C20H24N2O2. The molecule has 0 aliphatic heterocycles. The van der Waals surface area contributed by atoms with Gasteiger partial charge in [0.2, 0.25) is 0 Å². The summed E-state index contributed by atoms with van der Waals surface area (Å²) in [7, 11) is 0. The Morgan fingerprint density at radius 3 is 2.08 bits per heavy atom. The lowest BCUT2D eigenvalue weighted by atomic mass is 9.95. The van der Waals surface area contributed by atoms with Gasteiger partial charge in [0, 0.05) is 5.69 Å². The number of aryl methyl sites for hydroxylation is 1. The normalized spacial score (nSPS) is 11.8. The Labute approximate surface area is 143 Å². The molecule has 0 heterocycles. The van der Waals surface area contributed by atoms with E-state index < -0.39 is 11.8 Å². The van der Waals surface area contributed by atoms with Gasteiger partial charge in [-0.1, -0.05) is 63.2 Å². The fraction of sp³-hybridized carbons (Fsp3) is 0.300. The first-order valence-corrected chi connectivity index (χ1v) is 8.27. The van der Waals surface area contributed by atoms with Gasteiger partial charge in [0.15, 0.2) is 0 Å². The van der Waals surface area contributed by atoms with Crippen molar-refractivity contribution in [2.45, 2.75) is 33.2 Å². The first kappa shape index (κ1) is 17.7. The summed E-state index contributed by atoms with van der Waals surface area (Å²) in [5.74, 6) is -1.11. The van der Waals surface area contributed by atoms with E-state index in [-0.39, 0.29) is 12.0 Å². The highest BCUT2D eigenvalue weighted by molar-refractivity contribution is 6.39. The van der Waals surface area contributed by atoms with Gasteiger partial charge in [0.25, 0.3) is 0 Å². The van der Waals surface area contributed by atoms with E-state index in [9.17, 15) is 9.59 Å². The van der Waals surface area contributed by atoms with Gasteiger partial charge in [-0.3, -0.25) is 9.59 Å². The molecule has 0 aliphatic rings. The zero-order valence-electron chi connectivity index (χ0n) is 14.4. The molecule has 1 atom stereocenters. The number of para-hydroxylation sites is 1. The van der Waals surface area contributed by atoms with Crippen LogP contribution in [-0.2, 0) is 16.0 Å². The molecule has 1 unspecified atom stereocenters. The van der Waals surface area contributed by atoms with E-state index in [4.69, 9.17) is 0 Å². The van der Waals surface area contributed by atoms with Gasteiger partial charge in [0.05, 0.1) is 6.04 Å². The van der Waals surface area contributed by atoms with Crippen LogP contribution in [0.25, 0.3) is 0 Å². The minimum atomic E-state index is -0.656. The molecule has 2 amide bonds. The Bertz CT molecular complexity index is 679. The molecule has 2 aromatic carbocycles. The van der Waals surface area contributed by atoms with Gasteiger partial charge in [-0.05, 0) is 35.6 Å². The van der Waals surface area contributed by atoms with Gasteiger partial charge in [0.1, 0.15) is 0 Å². The number of carbonyl (C=O) groups is 2. The van der Waals surface area contributed by atoms with Crippen molar-refractivity contribution < 1.29 is 9.59 Å². The van der Waals surface area contributed by atoms with Crippen LogP contribution in [0.15, 0.2) is 54.6 Å². The van der Waals surface area contributed by atoms with Crippen LogP contribution >= 0.6 is 0 Å². The molecule has 0 aromatic heterocycles. The predicted molar refractivity (Wildman–Crippen MR) is 96.6 cm³/mol. The lowest BCUT2D eigenvalue weighted by molar-refractivity contribution is -0.136. The second-order valence-electron chi connectivity index (χ2n) is 6.11. The standard InChI is InChI=1S/C20H24N2O2/c1-4-15-10-12-16(13-11-15)18(14(2)3)22-20(24)19(23)21-17-8-6-5-7-9-17/h5-14,18H,4H2,1-3H3,(H,21,23)(H,22,24). The molecule has 2 rings (SSSR count). The topological polar surface area (TPSA) is 58.2 Å². The van der Waals surface area contributed by atoms with Crippen molar-refractivity contribution in [1.29, 1.82) is 0 Å². The molecule has 2 N–H and O–H groups in total. The Kier molecular flexibility index (Phi) is 6.13. The summed E-state index contributed by atoms with van der Waals surface area (Å²) in [5.41, 5.74) is 2.85. The highest BCUT2D eigenvalue weighted by Crippen LogP contribution is 2.22. The molecule has 0 saturated heterocycles. The van der Waals surface area contributed by atoms with Crippen LogP contribution in [-0.4, -0.2) is 11.8 Å². The number of carbonyl (C=O) groups excluding carboxylic acids is 2. The summed E-state index contributed by atoms with van der Waals surface area (Å²) in [6, 6.07) is 16.9. The number of amides is 2. The maximum atomic E-state index is 12.2. The number of benzene rings is 2. The molecular weight excluding hydrogens is 300 g/mol. The first-order valence-electron chi connectivity index (χ1n) is 8.27. The lowest BCUT2D eigenvalue weighted by Crippen LogP contribution is -2.39. The fourth-order valence-electron chi connectivity index (χ4n) is 2.51. The quantitative estimate of drug-likeness (QED) is 0.824. The molecule has 24 heavy (non-hydrogen) atoms. The van der Waals surface area contributed by atoms with Crippen molar-refractivity contribution in [3.63, 3.8) is 0 Å². The van der Waals surface area contributed by atoms with Gasteiger partial charge in [-0.15, -0.1) is 0 Å². The molecule has 4 nitrogen and oxygen atoms in total. The molecule has 0 radical (unpaired) electrons. The Balaban J connectivity index is 2.06. The second kappa shape index (κ2) is 8.29. The molecule has 0 bridgehead atoms. The first-order chi connectivity index (χ1) is 11.5. The number of hydrogen-bond donors (Lipinski definition) is 2. The van der Waals surface area contributed by atoms with Crippen molar-refractivity contribution in [2.24, 2.45) is 5.92 Å². The molecule has 0 aliphatic carbocycles. The van der Waals surface area contributed by atoms with E-state index in [2.05, 4.69) is 29.7 Å². The average Bonchev–Trinajstić information content (AvgIpc) is 2.60. The van der Waals surface area contributed by atoms with E-state index in [1.807, 2.05) is 32.0 Å². The van der Waals surface area contributed by atoms with Crippen molar-refractivity contribution >= 4 is 17.5 Å². The fourth-order valence-corrected chi connectivity index (χ4v) is 2.51. The van der Waals surface area contributed by atoms with Gasteiger partial charge < -0.3 is 10.6 Å². The van der Waals surface area contributed by atoms with Gasteiger partial charge >= 0.3 is 11.8 Å². The summed E-state index contributed by atoms with van der Waals surface area (Å²) < 4.78 is 0. The minimum Gasteiger partial charge on any atom is -0.341 e. The summed E-state index contributed by atoms with van der Waals surface area (Å²) in [5, 5.41) is 5.44. The van der Waals surface area contributed by atoms with Gasteiger partial charge in [-0.25, -0.2) is 0 Å². The predicted octanol–water partition coefficient (Wildman–Crippen LogP) is 3.70. The Hall–Kier alpha value is -2.62. The maximum Gasteiger partial charge on any atom is 0.313 e. The second-order valence-corrected chi connectivity index (χ2v) is 6.11. The number of anilines is 1. The van der Waals surface area contributed by atoms with E-state index in [1.165, 1.54) is 5.56 Å². The smallest absolute Gasteiger partial charge is 0.313 e. The van der Waals surface area contributed by atoms with Crippen LogP contribution in [0.5, 0.6) is 0 Å². The zero-order chi connectivity index (χ0) is 17.5. The summed E-state index contributed by atoms with van der Waals surface area (Å²) in [6.07, 6.45) is 0.971. The number of hydrogen-bond acceptors (Lipinski definition) is 2. The van der Waals surface area contributed by atoms with Crippen LogP contribution in [0, 0.1) is 5.92 Å². The third-order valence-corrected chi connectivity index (χ3v) is 3.94. The number of rotatable bonds is 5.